The molecule has 1 fully saturated rings. The number of nitrogens with one attached hydrogen (secondary N) is 2. The Hall–Kier alpha value is -1.81. The molecule has 144 valence electrons. The Morgan fingerprint density at radius 3 is 2.63 bits per heavy atom. The summed E-state index contributed by atoms with van der Waals surface area (Å²) < 4.78 is 41.1. The van der Waals surface area contributed by atoms with Crippen molar-refractivity contribution in [2.24, 2.45) is 0 Å². The lowest BCUT2D eigenvalue weighted by atomic mass is 10.2. The first-order valence-corrected chi connectivity index (χ1v) is 10.6. The summed E-state index contributed by atoms with van der Waals surface area (Å²) >= 11 is 3.04. The smallest absolute Gasteiger partial charge is 0.255 e. The molecule has 2 aromatic carbocycles. The van der Waals surface area contributed by atoms with Crippen LogP contribution in [0.15, 0.2) is 51.8 Å². The van der Waals surface area contributed by atoms with Gasteiger partial charge in [-0.3, -0.25) is 4.79 Å². The Morgan fingerprint density at radius 1 is 1.19 bits per heavy atom. The first-order valence-electron chi connectivity index (χ1n) is 8.31. The number of carbonyl (C=O) groups excluding carboxylic acids is 1. The summed E-state index contributed by atoms with van der Waals surface area (Å²) in [5, 5.41) is 12.1. The molecule has 9 heteroatoms. The predicted molar refractivity (Wildman–Crippen MR) is 102 cm³/mol. The van der Waals surface area contributed by atoms with Crippen LogP contribution >= 0.6 is 15.9 Å². The molecule has 6 nitrogen and oxygen atoms in total. The summed E-state index contributed by atoms with van der Waals surface area (Å²) in [7, 11) is -3.81. The number of aliphatic hydroxyl groups is 1. The summed E-state index contributed by atoms with van der Waals surface area (Å²) in [5.41, 5.74) is 0.532. The minimum absolute atomic E-state index is 0.0307. The zero-order valence-electron chi connectivity index (χ0n) is 14.2. The van der Waals surface area contributed by atoms with Gasteiger partial charge in [-0.15, -0.1) is 0 Å². The molecule has 3 N–H and O–H groups in total. The van der Waals surface area contributed by atoms with E-state index < -0.39 is 27.9 Å². The van der Waals surface area contributed by atoms with Crippen LogP contribution in [-0.2, 0) is 10.0 Å². The highest BCUT2D eigenvalue weighted by molar-refractivity contribution is 9.10. The molecule has 2 unspecified atom stereocenters. The molecule has 2 aromatic rings. The van der Waals surface area contributed by atoms with Crippen molar-refractivity contribution in [2.75, 3.05) is 5.32 Å². The average molecular weight is 457 g/mol. The van der Waals surface area contributed by atoms with Crippen LogP contribution in [0.2, 0.25) is 0 Å². The van der Waals surface area contributed by atoms with E-state index in [1.54, 1.807) is 0 Å². The van der Waals surface area contributed by atoms with Gasteiger partial charge >= 0.3 is 0 Å². The molecule has 1 aliphatic carbocycles. The Kier molecular flexibility index (Phi) is 5.95. The van der Waals surface area contributed by atoms with Crippen molar-refractivity contribution in [1.29, 1.82) is 0 Å². The van der Waals surface area contributed by atoms with Crippen molar-refractivity contribution in [2.45, 2.75) is 36.3 Å². The van der Waals surface area contributed by atoms with Gasteiger partial charge < -0.3 is 10.4 Å². The molecule has 0 spiro atoms. The summed E-state index contributed by atoms with van der Waals surface area (Å²) in [6.07, 6.45) is 1.01. The molecule has 0 radical (unpaired) electrons. The van der Waals surface area contributed by atoms with Gasteiger partial charge in [-0.05, 0) is 71.6 Å². The molecule has 2 atom stereocenters. The Labute approximate surface area is 165 Å². The standard InChI is InChI=1S/C18H18BrFN2O4S/c19-16-10-12(5-7-17(16)20)21-18(24)11-2-1-3-15(8-11)27(25,26)22-13-4-6-14(23)9-13/h1-3,5,7-8,10,13-14,22-23H,4,6,9H2,(H,21,24). The number of anilines is 1. The molecule has 0 aliphatic heterocycles. The zero-order valence-corrected chi connectivity index (χ0v) is 16.6. The fourth-order valence-corrected chi connectivity index (χ4v) is 4.64. The normalized spacial score (nSPS) is 19.8. The number of amides is 1. The van der Waals surface area contributed by atoms with Gasteiger partial charge in [0.25, 0.3) is 5.91 Å². The van der Waals surface area contributed by atoms with E-state index in [2.05, 4.69) is 26.0 Å². The molecule has 27 heavy (non-hydrogen) atoms. The summed E-state index contributed by atoms with van der Waals surface area (Å²) in [6.45, 7) is 0. The third-order valence-corrected chi connectivity index (χ3v) is 6.44. The van der Waals surface area contributed by atoms with E-state index in [4.69, 9.17) is 0 Å². The van der Waals surface area contributed by atoms with E-state index in [1.165, 1.54) is 42.5 Å². The van der Waals surface area contributed by atoms with Gasteiger partial charge in [0.2, 0.25) is 10.0 Å². The van der Waals surface area contributed by atoms with Crippen molar-refractivity contribution < 1.29 is 22.7 Å². The first kappa shape index (κ1) is 19.9. The van der Waals surface area contributed by atoms with Crippen LogP contribution in [-0.4, -0.2) is 31.6 Å². The summed E-state index contributed by atoms with van der Waals surface area (Å²) in [4.78, 5) is 12.4. The number of aliphatic hydroxyl groups excluding tert-OH is 1. The molecule has 0 saturated heterocycles. The number of rotatable bonds is 5. The van der Waals surface area contributed by atoms with Crippen LogP contribution in [0.4, 0.5) is 10.1 Å². The van der Waals surface area contributed by atoms with Crippen molar-refractivity contribution in [3.8, 4) is 0 Å². The SMILES string of the molecule is O=C(Nc1ccc(F)c(Br)c1)c1cccc(S(=O)(=O)NC2CCC(O)C2)c1. The van der Waals surface area contributed by atoms with Crippen molar-refractivity contribution in [1.82, 2.24) is 4.72 Å². The Bertz CT molecular complexity index is 968. The quantitative estimate of drug-likeness (QED) is 0.644. The molecular formula is C18H18BrFN2O4S. The van der Waals surface area contributed by atoms with Gasteiger partial charge in [0.1, 0.15) is 5.82 Å². The highest BCUT2D eigenvalue weighted by Gasteiger charge is 2.27. The highest BCUT2D eigenvalue weighted by Crippen LogP contribution is 2.23. The van der Waals surface area contributed by atoms with Gasteiger partial charge in [0.05, 0.1) is 15.5 Å². The van der Waals surface area contributed by atoms with Crippen LogP contribution in [0.25, 0.3) is 0 Å². The molecule has 3 rings (SSSR count). The van der Waals surface area contributed by atoms with Crippen LogP contribution < -0.4 is 10.0 Å². The van der Waals surface area contributed by atoms with E-state index in [9.17, 15) is 22.7 Å². The maximum Gasteiger partial charge on any atom is 0.255 e. The fourth-order valence-electron chi connectivity index (χ4n) is 2.93. The Balaban J connectivity index is 1.76. The van der Waals surface area contributed by atoms with Gasteiger partial charge in [-0.1, -0.05) is 6.07 Å². The fraction of sp³-hybridized carbons (Fsp3) is 0.278. The van der Waals surface area contributed by atoms with Gasteiger partial charge in [0, 0.05) is 17.3 Å². The van der Waals surface area contributed by atoms with Gasteiger partial charge in [0.15, 0.2) is 0 Å². The number of hydrogen-bond donors (Lipinski definition) is 3. The van der Waals surface area contributed by atoms with Crippen molar-refractivity contribution in [3.05, 3.63) is 58.3 Å². The van der Waals surface area contributed by atoms with E-state index in [0.29, 0.717) is 24.9 Å². The molecule has 0 bridgehead atoms. The summed E-state index contributed by atoms with van der Waals surface area (Å²) in [6, 6.07) is 9.37. The van der Waals surface area contributed by atoms with E-state index in [0.717, 1.165) is 0 Å². The monoisotopic (exact) mass is 456 g/mol. The second-order valence-electron chi connectivity index (χ2n) is 6.40. The third-order valence-electron chi connectivity index (χ3n) is 4.31. The maximum absolute atomic E-state index is 13.3. The minimum atomic E-state index is -3.81. The highest BCUT2D eigenvalue weighted by atomic mass is 79.9. The van der Waals surface area contributed by atoms with Gasteiger partial charge in [-0.25, -0.2) is 17.5 Å². The molecule has 1 amide bonds. The number of benzene rings is 2. The lowest BCUT2D eigenvalue weighted by Crippen LogP contribution is -2.33. The average Bonchev–Trinajstić information content (AvgIpc) is 3.02. The van der Waals surface area contributed by atoms with E-state index in [-0.39, 0.29) is 21.0 Å². The minimum Gasteiger partial charge on any atom is -0.393 e. The van der Waals surface area contributed by atoms with E-state index >= 15 is 0 Å². The molecule has 0 aromatic heterocycles. The van der Waals surface area contributed by atoms with Crippen LogP contribution in [0.3, 0.4) is 0 Å². The van der Waals surface area contributed by atoms with Crippen molar-refractivity contribution in [3.63, 3.8) is 0 Å². The molecule has 0 heterocycles. The zero-order chi connectivity index (χ0) is 19.6. The first-order chi connectivity index (χ1) is 12.7. The van der Waals surface area contributed by atoms with Crippen molar-refractivity contribution >= 4 is 37.5 Å². The third kappa shape index (κ3) is 4.92. The van der Waals surface area contributed by atoms with Crippen LogP contribution in [0.5, 0.6) is 0 Å². The molecular weight excluding hydrogens is 439 g/mol. The summed E-state index contributed by atoms with van der Waals surface area (Å²) in [5.74, 6) is -0.967. The Morgan fingerprint density at radius 2 is 1.96 bits per heavy atom. The molecule has 1 saturated carbocycles. The predicted octanol–water partition coefficient (Wildman–Crippen LogP) is 3.03. The number of halogens is 2. The maximum atomic E-state index is 13.3. The lowest BCUT2D eigenvalue weighted by Gasteiger charge is -2.13. The second kappa shape index (κ2) is 8.05. The van der Waals surface area contributed by atoms with Crippen LogP contribution in [0, 0.1) is 5.82 Å². The topological polar surface area (TPSA) is 95.5 Å². The largest absolute Gasteiger partial charge is 0.393 e. The lowest BCUT2D eigenvalue weighted by molar-refractivity contribution is 0.102. The number of carbonyl (C=O) groups is 1. The second-order valence-corrected chi connectivity index (χ2v) is 8.96. The number of hydrogen-bond acceptors (Lipinski definition) is 4. The number of sulfonamides is 1. The molecule has 1 aliphatic rings. The van der Waals surface area contributed by atoms with Gasteiger partial charge in [-0.2, -0.15) is 0 Å². The van der Waals surface area contributed by atoms with E-state index in [1.807, 2.05) is 0 Å². The van der Waals surface area contributed by atoms with Crippen LogP contribution in [0.1, 0.15) is 29.6 Å².